The Hall–Kier alpha value is -4.30. The number of aromatic nitrogens is 2. The number of allylic oxidation sites excluding steroid dienone is 1. The summed E-state index contributed by atoms with van der Waals surface area (Å²) in [4.78, 5) is 0. The number of nitrogens with one attached hydrogen (secondary N) is 1. The van der Waals surface area contributed by atoms with Crippen LogP contribution < -0.4 is 10.1 Å². The van der Waals surface area contributed by atoms with E-state index < -0.39 is 0 Å². The minimum atomic E-state index is -0.168. The van der Waals surface area contributed by atoms with Crippen molar-refractivity contribution in [1.29, 1.82) is 5.26 Å². The number of methoxy groups -OCH3 is 1. The summed E-state index contributed by atoms with van der Waals surface area (Å²) in [6.45, 7) is 2.05. The van der Waals surface area contributed by atoms with Gasteiger partial charge in [-0.1, -0.05) is 72.3 Å². The van der Waals surface area contributed by atoms with E-state index in [4.69, 9.17) is 9.84 Å². The summed E-state index contributed by atoms with van der Waals surface area (Å²) in [5, 5.41) is 18.5. The summed E-state index contributed by atoms with van der Waals surface area (Å²) in [6, 6.07) is 28.4. The van der Waals surface area contributed by atoms with E-state index in [1.54, 1.807) is 7.11 Å². The van der Waals surface area contributed by atoms with Crippen LogP contribution in [0.2, 0.25) is 0 Å². The highest BCUT2D eigenvalue weighted by atomic mass is 16.5. The molecule has 32 heavy (non-hydrogen) atoms. The summed E-state index contributed by atoms with van der Waals surface area (Å²) in [5.41, 5.74) is 6.36. The molecule has 0 fully saturated rings. The number of nitrogens with zero attached hydrogens (tertiary/aromatic N) is 3. The Morgan fingerprint density at radius 2 is 1.66 bits per heavy atom. The number of ether oxygens (including phenoxy) is 1. The van der Waals surface area contributed by atoms with E-state index in [1.165, 1.54) is 5.56 Å². The van der Waals surface area contributed by atoms with Crippen LogP contribution in [0.25, 0.3) is 17.0 Å². The number of anilines is 1. The lowest BCUT2D eigenvalue weighted by Crippen LogP contribution is -2.20. The first kappa shape index (κ1) is 19.7. The highest BCUT2D eigenvalue weighted by Crippen LogP contribution is 2.39. The Labute approximate surface area is 187 Å². The lowest BCUT2D eigenvalue weighted by Gasteiger charge is -2.26. The number of hydrogen-bond acceptors (Lipinski definition) is 4. The molecule has 0 spiro atoms. The summed E-state index contributed by atoms with van der Waals surface area (Å²) >= 11 is 0. The van der Waals surface area contributed by atoms with E-state index >= 15 is 0 Å². The SMILES string of the molecule is COc1ccc(C2C=C(c3ccccc3)Nc3c(C#N)c(-c4ccc(C)cc4)nn32)cc1. The van der Waals surface area contributed by atoms with Gasteiger partial charge in [-0.05, 0) is 36.3 Å². The molecule has 0 saturated carbocycles. The fourth-order valence-electron chi connectivity index (χ4n) is 4.00. The lowest BCUT2D eigenvalue weighted by molar-refractivity contribution is 0.414. The van der Waals surface area contributed by atoms with Gasteiger partial charge in [0.1, 0.15) is 28.9 Å². The zero-order valence-corrected chi connectivity index (χ0v) is 17.9. The van der Waals surface area contributed by atoms with Crippen molar-refractivity contribution >= 4 is 11.5 Å². The van der Waals surface area contributed by atoms with Crippen molar-refractivity contribution in [1.82, 2.24) is 9.78 Å². The number of fused-ring (bicyclic) bond motifs is 1. The zero-order valence-electron chi connectivity index (χ0n) is 17.9. The summed E-state index contributed by atoms with van der Waals surface area (Å²) < 4.78 is 7.24. The van der Waals surface area contributed by atoms with Crippen LogP contribution in [0.15, 0.2) is 84.9 Å². The molecular formula is C27H22N4O. The fraction of sp³-hybridized carbons (Fsp3) is 0.111. The topological polar surface area (TPSA) is 62.9 Å². The molecular weight excluding hydrogens is 396 g/mol. The van der Waals surface area contributed by atoms with Crippen molar-refractivity contribution in [2.24, 2.45) is 0 Å². The van der Waals surface area contributed by atoms with Crippen molar-refractivity contribution in [3.05, 3.63) is 107 Å². The minimum absolute atomic E-state index is 0.168. The smallest absolute Gasteiger partial charge is 0.148 e. The predicted molar refractivity (Wildman–Crippen MR) is 126 cm³/mol. The molecule has 0 aliphatic carbocycles. The molecule has 1 aliphatic heterocycles. The Morgan fingerprint density at radius 1 is 0.938 bits per heavy atom. The number of rotatable bonds is 4. The average Bonchev–Trinajstić information content (AvgIpc) is 3.23. The molecule has 1 unspecified atom stereocenters. The van der Waals surface area contributed by atoms with Crippen molar-refractivity contribution in [2.45, 2.75) is 13.0 Å². The van der Waals surface area contributed by atoms with Crippen molar-refractivity contribution in [2.75, 3.05) is 12.4 Å². The predicted octanol–water partition coefficient (Wildman–Crippen LogP) is 5.79. The molecule has 0 saturated heterocycles. The van der Waals surface area contributed by atoms with Gasteiger partial charge in [0.15, 0.2) is 0 Å². The van der Waals surface area contributed by atoms with Gasteiger partial charge in [0.25, 0.3) is 0 Å². The third kappa shape index (κ3) is 3.42. The van der Waals surface area contributed by atoms with Gasteiger partial charge in [0.2, 0.25) is 0 Å². The van der Waals surface area contributed by atoms with Crippen LogP contribution in [0.4, 0.5) is 5.82 Å². The van der Waals surface area contributed by atoms with E-state index in [2.05, 4.69) is 29.6 Å². The van der Waals surface area contributed by atoms with Crippen LogP contribution in [0.5, 0.6) is 5.75 Å². The molecule has 1 N–H and O–H groups in total. The molecule has 156 valence electrons. The lowest BCUT2D eigenvalue weighted by atomic mass is 10.0. The fourth-order valence-corrected chi connectivity index (χ4v) is 4.00. The van der Waals surface area contributed by atoms with Crippen LogP contribution in [0.1, 0.15) is 28.3 Å². The van der Waals surface area contributed by atoms with Gasteiger partial charge in [-0.2, -0.15) is 10.4 Å². The maximum atomic E-state index is 10.1. The first-order valence-electron chi connectivity index (χ1n) is 10.5. The highest BCUT2D eigenvalue weighted by molar-refractivity contribution is 5.84. The van der Waals surface area contributed by atoms with E-state index in [0.717, 1.165) is 28.1 Å². The molecule has 0 amide bonds. The molecule has 1 atom stereocenters. The zero-order chi connectivity index (χ0) is 22.1. The second-order valence-electron chi connectivity index (χ2n) is 7.78. The molecule has 0 radical (unpaired) electrons. The summed E-state index contributed by atoms with van der Waals surface area (Å²) in [5.74, 6) is 1.50. The molecule has 0 bridgehead atoms. The maximum absolute atomic E-state index is 10.1. The third-order valence-corrected chi connectivity index (χ3v) is 5.73. The molecule has 1 aliphatic rings. The Bertz CT molecular complexity index is 1330. The molecule has 5 nitrogen and oxygen atoms in total. The first-order chi connectivity index (χ1) is 15.7. The number of nitriles is 1. The second kappa shape index (κ2) is 8.09. The number of hydrogen-bond donors (Lipinski definition) is 1. The van der Waals surface area contributed by atoms with E-state index in [9.17, 15) is 5.26 Å². The average molecular weight is 419 g/mol. The standard InChI is InChI=1S/C27H22N4O/c1-18-8-10-21(11-9-18)26-23(17-28)27-29-24(19-6-4-3-5-7-19)16-25(31(27)30-26)20-12-14-22(32-2)15-13-20/h3-16,25,29H,1-2H3. The molecule has 4 aromatic rings. The molecule has 1 aromatic heterocycles. The molecule has 5 rings (SSSR count). The maximum Gasteiger partial charge on any atom is 0.148 e. The Balaban J connectivity index is 1.69. The Kier molecular flexibility index (Phi) is 4.97. The van der Waals surface area contributed by atoms with Crippen molar-refractivity contribution < 1.29 is 4.74 Å². The summed E-state index contributed by atoms with van der Waals surface area (Å²) in [7, 11) is 1.66. The van der Waals surface area contributed by atoms with Gasteiger partial charge in [-0.3, -0.25) is 0 Å². The quantitative estimate of drug-likeness (QED) is 0.455. The van der Waals surface area contributed by atoms with Crippen molar-refractivity contribution in [3.8, 4) is 23.1 Å². The minimum Gasteiger partial charge on any atom is -0.497 e. The molecule has 3 aromatic carbocycles. The normalized spacial score (nSPS) is 14.7. The number of aryl methyl sites for hydroxylation is 1. The number of benzene rings is 3. The van der Waals surface area contributed by atoms with E-state index in [1.807, 2.05) is 78.3 Å². The van der Waals surface area contributed by atoms with Gasteiger partial charge in [0.05, 0.1) is 13.2 Å². The molecule has 5 heteroatoms. The van der Waals surface area contributed by atoms with Crippen LogP contribution in [-0.2, 0) is 0 Å². The third-order valence-electron chi connectivity index (χ3n) is 5.73. The van der Waals surface area contributed by atoms with Crippen LogP contribution in [-0.4, -0.2) is 16.9 Å². The molecule has 2 heterocycles. The van der Waals surface area contributed by atoms with Crippen molar-refractivity contribution in [3.63, 3.8) is 0 Å². The van der Waals surface area contributed by atoms with Crippen LogP contribution >= 0.6 is 0 Å². The van der Waals surface area contributed by atoms with E-state index in [0.29, 0.717) is 17.1 Å². The first-order valence-corrected chi connectivity index (χ1v) is 10.5. The van der Waals surface area contributed by atoms with Crippen LogP contribution in [0.3, 0.4) is 0 Å². The van der Waals surface area contributed by atoms with Gasteiger partial charge in [0, 0.05) is 11.3 Å². The monoisotopic (exact) mass is 418 g/mol. The Morgan fingerprint density at radius 3 is 2.31 bits per heavy atom. The van der Waals surface area contributed by atoms with Gasteiger partial charge in [-0.25, -0.2) is 4.68 Å². The van der Waals surface area contributed by atoms with Gasteiger partial charge < -0.3 is 10.1 Å². The van der Waals surface area contributed by atoms with E-state index in [-0.39, 0.29) is 6.04 Å². The van der Waals surface area contributed by atoms with Gasteiger partial charge in [-0.15, -0.1) is 0 Å². The van der Waals surface area contributed by atoms with Gasteiger partial charge >= 0.3 is 0 Å². The summed E-state index contributed by atoms with van der Waals surface area (Å²) in [6.07, 6.45) is 2.15. The van der Waals surface area contributed by atoms with Crippen LogP contribution in [0, 0.1) is 18.3 Å². The highest BCUT2D eigenvalue weighted by Gasteiger charge is 2.29. The largest absolute Gasteiger partial charge is 0.497 e. The second-order valence-corrected chi connectivity index (χ2v) is 7.78.